The third-order valence-electron chi connectivity index (χ3n) is 2.48. The van der Waals surface area contributed by atoms with Crippen molar-refractivity contribution >= 4 is 38.9 Å². The second-order valence-electron chi connectivity index (χ2n) is 3.81. The van der Waals surface area contributed by atoms with E-state index in [9.17, 15) is 13.2 Å². The Morgan fingerprint density at radius 3 is 2.39 bits per heavy atom. The summed E-state index contributed by atoms with van der Waals surface area (Å²) in [6, 6.07) is 8.04. The number of aryl methyl sites for hydroxylation is 1. The highest BCUT2D eigenvalue weighted by atomic mass is 127. The van der Waals surface area contributed by atoms with Crippen LogP contribution < -0.4 is 0 Å². The normalized spacial score (nSPS) is 11.4. The molecular formula is C12H10INO3S. The number of carbonyl (C=O) groups is 1. The van der Waals surface area contributed by atoms with Gasteiger partial charge in [-0.2, -0.15) is 0 Å². The van der Waals surface area contributed by atoms with Crippen molar-refractivity contribution in [3.63, 3.8) is 0 Å². The van der Waals surface area contributed by atoms with Crippen molar-refractivity contribution in [1.29, 1.82) is 0 Å². The molecule has 0 amide bonds. The van der Waals surface area contributed by atoms with Crippen molar-refractivity contribution in [3.8, 4) is 0 Å². The Morgan fingerprint density at radius 2 is 1.83 bits per heavy atom. The van der Waals surface area contributed by atoms with E-state index in [-0.39, 0.29) is 10.6 Å². The predicted octanol–water partition coefficient (Wildman–Crippen LogP) is 2.45. The van der Waals surface area contributed by atoms with Gasteiger partial charge in [0.2, 0.25) is 0 Å². The summed E-state index contributed by atoms with van der Waals surface area (Å²) in [5.41, 5.74) is 1.10. The van der Waals surface area contributed by atoms with Crippen molar-refractivity contribution in [1.82, 2.24) is 3.97 Å². The van der Waals surface area contributed by atoms with E-state index in [1.807, 2.05) is 29.5 Å². The Bertz CT molecular complexity index is 687. The standard InChI is InChI=1S/C12H10INO3S/c1-9-2-4-12(5-3-9)18(16,17)14-7-10(13)6-11(14)8-15/h2-8H,1H3. The zero-order valence-electron chi connectivity index (χ0n) is 9.50. The van der Waals surface area contributed by atoms with Gasteiger partial charge in [-0.15, -0.1) is 0 Å². The SMILES string of the molecule is Cc1ccc(S(=O)(=O)n2cc(I)cc2C=O)cc1. The zero-order chi connectivity index (χ0) is 13.3. The maximum Gasteiger partial charge on any atom is 0.268 e. The second-order valence-corrected chi connectivity index (χ2v) is 6.88. The summed E-state index contributed by atoms with van der Waals surface area (Å²) in [5, 5.41) is 0. The lowest BCUT2D eigenvalue weighted by atomic mass is 10.2. The van der Waals surface area contributed by atoms with Crippen LogP contribution in [0.5, 0.6) is 0 Å². The number of hydrogen-bond acceptors (Lipinski definition) is 3. The van der Waals surface area contributed by atoms with E-state index in [4.69, 9.17) is 0 Å². The summed E-state index contributed by atoms with van der Waals surface area (Å²) in [6.45, 7) is 1.88. The van der Waals surface area contributed by atoms with Crippen LogP contribution in [-0.2, 0) is 10.0 Å². The molecule has 0 radical (unpaired) electrons. The second kappa shape index (κ2) is 4.85. The average molecular weight is 375 g/mol. The first-order chi connectivity index (χ1) is 8.45. The predicted molar refractivity (Wildman–Crippen MR) is 76.3 cm³/mol. The zero-order valence-corrected chi connectivity index (χ0v) is 12.5. The number of hydrogen-bond donors (Lipinski definition) is 0. The van der Waals surface area contributed by atoms with E-state index in [1.165, 1.54) is 24.4 Å². The Balaban J connectivity index is 2.61. The van der Waals surface area contributed by atoms with E-state index >= 15 is 0 Å². The van der Waals surface area contributed by atoms with Crippen LogP contribution in [0.3, 0.4) is 0 Å². The molecule has 0 unspecified atom stereocenters. The summed E-state index contributed by atoms with van der Waals surface area (Å²) in [7, 11) is -3.70. The van der Waals surface area contributed by atoms with Crippen LogP contribution in [0.4, 0.5) is 0 Å². The number of aromatic nitrogens is 1. The number of carbonyl (C=O) groups excluding carboxylic acids is 1. The van der Waals surface area contributed by atoms with E-state index < -0.39 is 10.0 Å². The monoisotopic (exact) mass is 375 g/mol. The van der Waals surface area contributed by atoms with E-state index in [0.717, 1.165) is 9.54 Å². The smallest absolute Gasteiger partial charge is 0.268 e. The molecule has 18 heavy (non-hydrogen) atoms. The van der Waals surface area contributed by atoms with Crippen molar-refractivity contribution in [2.75, 3.05) is 0 Å². The molecule has 1 heterocycles. The van der Waals surface area contributed by atoms with Crippen molar-refractivity contribution in [2.45, 2.75) is 11.8 Å². The molecule has 0 atom stereocenters. The van der Waals surface area contributed by atoms with Crippen LogP contribution in [0, 0.1) is 10.5 Å². The first kappa shape index (κ1) is 13.3. The topological polar surface area (TPSA) is 56.1 Å². The highest BCUT2D eigenvalue weighted by molar-refractivity contribution is 14.1. The molecule has 0 saturated heterocycles. The van der Waals surface area contributed by atoms with Gasteiger partial charge < -0.3 is 0 Å². The molecule has 0 aliphatic carbocycles. The maximum absolute atomic E-state index is 12.3. The number of halogens is 1. The minimum atomic E-state index is -3.70. The molecule has 0 fully saturated rings. The Morgan fingerprint density at radius 1 is 1.22 bits per heavy atom. The van der Waals surface area contributed by atoms with Crippen molar-refractivity contribution in [2.24, 2.45) is 0 Å². The van der Waals surface area contributed by atoms with Gasteiger partial charge in [0.15, 0.2) is 6.29 Å². The van der Waals surface area contributed by atoms with Gasteiger partial charge in [0.25, 0.3) is 10.0 Å². The summed E-state index contributed by atoms with van der Waals surface area (Å²) in [5.74, 6) is 0. The fourth-order valence-corrected chi connectivity index (χ4v) is 3.67. The fourth-order valence-electron chi connectivity index (χ4n) is 1.55. The van der Waals surface area contributed by atoms with Crippen LogP contribution in [0.2, 0.25) is 0 Å². The molecule has 1 aromatic carbocycles. The molecular weight excluding hydrogens is 365 g/mol. The fraction of sp³-hybridized carbons (Fsp3) is 0.0833. The quantitative estimate of drug-likeness (QED) is 0.612. The van der Waals surface area contributed by atoms with Crippen molar-refractivity contribution in [3.05, 3.63) is 51.4 Å². The van der Waals surface area contributed by atoms with Gasteiger partial charge in [-0.05, 0) is 47.7 Å². The summed E-state index contributed by atoms with van der Waals surface area (Å²) in [6.07, 6.45) is 1.97. The molecule has 0 N–H and O–H groups in total. The summed E-state index contributed by atoms with van der Waals surface area (Å²) < 4.78 is 26.4. The molecule has 0 aliphatic rings. The van der Waals surface area contributed by atoms with Crippen LogP contribution in [0.25, 0.3) is 0 Å². The Hall–Kier alpha value is -1.15. The minimum Gasteiger partial charge on any atom is -0.296 e. The molecule has 0 aliphatic heterocycles. The lowest BCUT2D eigenvalue weighted by Gasteiger charge is -2.07. The van der Waals surface area contributed by atoms with Crippen LogP contribution in [0.1, 0.15) is 16.1 Å². The molecule has 4 nitrogen and oxygen atoms in total. The molecule has 0 saturated carbocycles. The van der Waals surface area contributed by atoms with E-state index in [0.29, 0.717) is 9.86 Å². The number of benzene rings is 1. The highest BCUT2D eigenvalue weighted by Gasteiger charge is 2.20. The van der Waals surface area contributed by atoms with Gasteiger partial charge >= 0.3 is 0 Å². The Kier molecular flexibility index (Phi) is 3.58. The largest absolute Gasteiger partial charge is 0.296 e. The van der Waals surface area contributed by atoms with Gasteiger partial charge in [0, 0.05) is 9.77 Å². The first-order valence-corrected chi connectivity index (χ1v) is 7.62. The van der Waals surface area contributed by atoms with Crippen LogP contribution in [0.15, 0.2) is 41.4 Å². The van der Waals surface area contributed by atoms with Gasteiger partial charge in [0.05, 0.1) is 10.6 Å². The Labute approximate surface area is 119 Å². The number of aldehydes is 1. The molecule has 2 rings (SSSR count). The summed E-state index contributed by atoms with van der Waals surface area (Å²) >= 11 is 1.97. The average Bonchev–Trinajstić information content (AvgIpc) is 2.72. The molecule has 0 spiro atoms. The number of rotatable bonds is 3. The maximum atomic E-state index is 12.3. The molecule has 94 valence electrons. The van der Waals surface area contributed by atoms with Crippen LogP contribution in [-0.4, -0.2) is 18.7 Å². The number of nitrogens with zero attached hydrogens (tertiary/aromatic N) is 1. The lowest BCUT2D eigenvalue weighted by Crippen LogP contribution is -2.14. The first-order valence-electron chi connectivity index (χ1n) is 5.10. The van der Waals surface area contributed by atoms with Gasteiger partial charge in [-0.25, -0.2) is 12.4 Å². The van der Waals surface area contributed by atoms with E-state index in [1.54, 1.807) is 12.1 Å². The molecule has 6 heteroatoms. The molecule has 2 aromatic rings. The third-order valence-corrected chi connectivity index (χ3v) is 4.77. The van der Waals surface area contributed by atoms with Crippen LogP contribution >= 0.6 is 22.6 Å². The lowest BCUT2D eigenvalue weighted by molar-refractivity contribution is 0.111. The molecule has 0 bridgehead atoms. The van der Waals surface area contributed by atoms with Gasteiger partial charge in [-0.1, -0.05) is 17.7 Å². The van der Waals surface area contributed by atoms with Gasteiger partial charge in [0.1, 0.15) is 0 Å². The van der Waals surface area contributed by atoms with Crippen molar-refractivity contribution < 1.29 is 13.2 Å². The highest BCUT2D eigenvalue weighted by Crippen LogP contribution is 2.19. The third kappa shape index (κ3) is 2.35. The summed E-state index contributed by atoms with van der Waals surface area (Å²) in [4.78, 5) is 11.1. The van der Waals surface area contributed by atoms with Gasteiger partial charge in [-0.3, -0.25) is 4.79 Å². The minimum absolute atomic E-state index is 0.125. The molecule has 1 aromatic heterocycles. The van der Waals surface area contributed by atoms with E-state index in [2.05, 4.69) is 0 Å².